The number of hydrogen-bond acceptors (Lipinski definition) is 0. The summed E-state index contributed by atoms with van der Waals surface area (Å²) < 4.78 is 6.67. The molecule has 4 rings (SSSR count). The van der Waals surface area contributed by atoms with Crippen molar-refractivity contribution in [3.8, 4) is 11.1 Å². The SMILES string of the molecule is CCC[CH2][Zr](=[SiH2])([CH2]CCC)([C]1=CC=CC1)[c]1c(C)ccc2c1Cc1cc(C)ccc1-2. The second-order valence-corrected chi connectivity index (χ2v) is 35.0. The molecule has 2 aromatic carbocycles. The molecular formula is C28H38SiZr. The molecule has 0 saturated carbocycles. The molecule has 0 nitrogen and oxygen atoms in total. The summed E-state index contributed by atoms with van der Waals surface area (Å²) >= 11 is -3.40. The van der Waals surface area contributed by atoms with Crippen LogP contribution >= 0.6 is 0 Å². The van der Waals surface area contributed by atoms with Gasteiger partial charge in [-0.3, -0.25) is 0 Å². The Labute approximate surface area is 186 Å². The molecule has 0 fully saturated rings. The first-order chi connectivity index (χ1) is 14.4. The van der Waals surface area contributed by atoms with Crippen LogP contribution < -0.4 is 3.27 Å². The Hall–Kier alpha value is -0.980. The van der Waals surface area contributed by atoms with Crippen LogP contribution in [0, 0.1) is 13.8 Å². The van der Waals surface area contributed by atoms with Crippen LogP contribution in [0.15, 0.2) is 51.8 Å². The Kier molecular flexibility index (Phi) is 6.31. The van der Waals surface area contributed by atoms with E-state index in [1.54, 1.807) is 16.7 Å². The Morgan fingerprint density at radius 2 is 1.63 bits per heavy atom. The Morgan fingerprint density at radius 1 is 0.933 bits per heavy atom. The van der Waals surface area contributed by atoms with Gasteiger partial charge in [0.15, 0.2) is 0 Å². The molecule has 0 unspecified atom stereocenters. The van der Waals surface area contributed by atoms with Crippen molar-refractivity contribution in [3.63, 3.8) is 0 Å². The Balaban J connectivity index is 2.00. The molecule has 2 aromatic rings. The van der Waals surface area contributed by atoms with Gasteiger partial charge in [-0.1, -0.05) is 0 Å². The van der Waals surface area contributed by atoms with E-state index in [1.807, 2.05) is 6.55 Å². The van der Waals surface area contributed by atoms with Crippen LogP contribution in [-0.2, 0) is 23.8 Å². The molecule has 0 saturated heterocycles. The zero-order valence-electron chi connectivity index (χ0n) is 19.5. The fraction of sp³-hybridized carbons (Fsp3) is 0.429. The second-order valence-electron chi connectivity index (χ2n) is 10.1. The van der Waals surface area contributed by atoms with Crippen LogP contribution in [0.5, 0.6) is 0 Å². The predicted molar refractivity (Wildman–Crippen MR) is 134 cm³/mol. The maximum absolute atomic E-state index is 3.40. The molecule has 0 N–H and O–H groups in total. The van der Waals surface area contributed by atoms with Crippen molar-refractivity contribution in [2.75, 3.05) is 0 Å². The van der Waals surface area contributed by atoms with Crippen molar-refractivity contribution in [3.05, 3.63) is 74.1 Å². The molecule has 0 amide bonds. The average molecular weight is 494 g/mol. The van der Waals surface area contributed by atoms with Gasteiger partial charge < -0.3 is 0 Å². The number of aryl methyl sites for hydroxylation is 2. The van der Waals surface area contributed by atoms with Gasteiger partial charge in [0.2, 0.25) is 0 Å². The molecule has 2 heteroatoms. The summed E-state index contributed by atoms with van der Waals surface area (Å²) in [5.41, 5.74) is 9.26. The van der Waals surface area contributed by atoms with E-state index in [0.717, 1.165) is 6.42 Å². The number of benzene rings is 2. The van der Waals surface area contributed by atoms with Crippen molar-refractivity contribution >= 4 is 10.2 Å². The average Bonchev–Trinajstić information content (AvgIpc) is 3.39. The molecule has 0 aromatic heterocycles. The summed E-state index contributed by atoms with van der Waals surface area (Å²) in [6.45, 7) is 12.0. The number of allylic oxidation sites excluding steroid dienone is 4. The van der Waals surface area contributed by atoms with E-state index in [0.29, 0.717) is 0 Å². The van der Waals surface area contributed by atoms with Crippen LogP contribution in [0.25, 0.3) is 11.1 Å². The van der Waals surface area contributed by atoms with E-state index >= 15 is 0 Å². The van der Waals surface area contributed by atoms with Crippen LogP contribution in [0.4, 0.5) is 0 Å². The molecule has 0 heterocycles. The van der Waals surface area contributed by atoms with Crippen molar-refractivity contribution in [1.82, 2.24) is 0 Å². The zero-order chi connectivity index (χ0) is 21.4. The van der Waals surface area contributed by atoms with E-state index in [-0.39, 0.29) is 0 Å². The van der Waals surface area contributed by atoms with Gasteiger partial charge in [0.1, 0.15) is 0 Å². The first-order valence-corrected chi connectivity index (χ1v) is 23.9. The molecule has 0 spiro atoms. The minimum atomic E-state index is -3.40. The molecule has 158 valence electrons. The van der Waals surface area contributed by atoms with Crippen LogP contribution in [0.2, 0.25) is 8.26 Å². The molecule has 30 heavy (non-hydrogen) atoms. The van der Waals surface area contributed by atoms with Crippen LogP contribution in [-0.4, -0.2) is 6.88 Å². The third-order valence-electron chi connectivity index (χ3n) is 7.98. The monoisotopic (exact) mass is 492 g/mol. The van der Waals surface area contributed by atoms with Crippen molar-refractivity contribution in [1.29, 1.82) is 0 Å². The van der Waals surface area contributed by atoms with Gasteiger partial charge in [-0.05, 0) is 0 Å². The third-order valence-corrected chi connectivity index (χ3v) is 34.6. The molecule has 2 aliphatic carbocycles. The van der Waals surface area contributed by atoms with Crippen molar-refractivity contribution < 1.29 is 17.4 Å². The molecule has 0 radical (unpaired) electrons. The first kappa shape index (κ1) is 22.2. The number of unbranched alkanes of at least 4 members (excludes halogenated alkanes) is 2. The summed E-state index contributed by atoms with van der Waals surface area (Å²) in [4.78, 5) is 0. The zero-order valence-corrected chi connectivity index (χ0v) is 23.4. The molecule has 0 bridgehead atoms. The fourth-order valence-corrected chi connectivity index (χ4v) is 32.2. The number of fused-ring (bicyclic) bond motifs is 3. The summed E-state index contributed by atoms with van der Waals surface area (Å²) in [7, 11) is 0. The quantitative estimate of drug-likeness (QED) is 0.296. The normalized spacial score (nSPS) is 15.3. The van der Waals surface area contributed by atoms with Crippen molar-refractivity contribution in [2.24, 2.45) is 0 Å². The minimum absolute atomic E-state index is 1.14. The number of rotatable bonds is 8. The topological polar surface area (TPSA) is 0 Å². The van der Waals surface area contributed by atoms with E-state index < -0.39 is 17.4 Å². The standard InChI is InChI=1S/C15H13.C5H5.2C4H9.H2Si.Zr/c1-10-3-5-14-12(7-10)9-13-8-11(2)4-6-15(13)14;1-2-4-5-3-1;2*1-3-4-2;;/h3-7H,9H2,1-2H3;1-3H,4H2;2*1,3-4H2,2H3;1H2;. The molecule has 0 aliphatic heterocycles. The van der Waals surface area contributed by atoms with Gasteiger partial charge in [-0.15, -0.1) is 0 Å². The summed E-state index contributed by atoms with van der Waals surface area (Å²) in [6.07, 6.45) is 15.0. The van der Waals surface area contributed by atoms with Gasteiger partial charge in [0, 0.05) is 0 Å². The van der Waals surface area contributed by atoms with Gasteiger partial charge in [0.05, 0.1) is 0 Å². The van der Waals surface area contributed by atoms with E-state index in [2.05, 4.69) is 83.1 Å². The van der Waals surface area contributed by atoms with Gasteiger partial charge in [-0.25, -0.2) is 0 Å². The first-order valence-electron chi connectivity index (χ1n) is 12.0. The maximum atomic E-state index is 2.55. The van der Waals surface area contributed by atoms with Gasteiger partial charge >= 0.3 is 187 Å². The van der Waals surface area contributed by atoms with E-state index in [9.17, 15) is 0 Å². The van der Waals surface area contributed by atoms with E-state index in [4.69, 9.17) is 0 Å². The van der Waals surface area contributed by atoms with Gasteiger partial charge in [-0.2, -0.15) is 0 Å². The second kappa shape index (κ2) is 8.51. The number of hydrogen-bond donors (Lipinski definition) is 0. The van der Waals surface area contributed by atoms with Crippen LogP contribution in [0.1, 0.15) is 68.2 Å². The van der Waals surface area contributed by atoms with E-state index in [1.165, 1.54) is 57.1 Å². The molecule has 0 atom stereocenters. The van der Waals surface area contributed by atoms with Crippen molar-refractivity contribution in [2.45, 2.75) is 74.5 Å². The third kappa shape index (κ3) is 3.53. The Bertz CT molecular complexity index is 1090. The molecular weight excluding hydrogens is 456 g/mol. The van der Waals surface area contributed by atoms with Gasteiger partial charge in [0.25, 0.3) is 0 Å². The molecule has 2 aliphatic rings. The van der Waals surface area contributed by atoms with Crippen LogP contribution in [0.3, 0.4) is 0 Å². The fourth-order valence-electron chi connectivity index (χ4n) is 6.43. The summed E-state index contributed by atoms with van der Waals surface area (Å²) in [5.74, 6) is 0. The Morgan fingerprint density at radius 3 is 2.27 bits per heavy atom. The summed E-state index contributed by atoms with van der Waals surface area (Å²) in [5, 5.41) is 0. The predicted octanol–water partition coefficient (Wildman–Crippen LogP) is 7.02. The summed E-state index contributed by atoms with van der Waals surface area (Å²) in [6, 6.07) is 12.0.